The molecule has 0 aliphatic carbocycles. The Hall–Kier alpha value is -0.140. The summed E-state index contributed by atoms with van der Waals surface area (Å²) in [6.07, 6.45) is 0. The predicted octanol–water partition coefficient (Wildman–Crippen LogP) is -0.893. The SMILES string of the molecule is CC1CS(=O)(=O)COS1(=O)=O. The van der Waals surface area contributed by atoms with E-state index in [1.165, 1.54) is 6.92 Å². The van der Waals surface area contributed by atoms with E-state index in [1.807, 2.05) is 0 Å². The Labute approximate surface area is 65.4 Å². The summed E-state index contributed by atoms with van der Waals surface area (Å²) in [4.78, 5) is 0. The summed E-state index contributed by atoms with van der Waals surface area (Å²) in [5.41, 5.74) is 0. The van der Waals surface area contributed by atoms with Gasteiger partial charge in [-0.2, -0.15) is 8.42 Å². The Balaban J connectivity index is 2.96. The van der Waals surface area contributed by atoms with Gasteiger partial charge in [-0.3, -0.25) is 4.18 Å². The first-order valence-corrected chi connectivity index (χ1v) is 6.21. The smallest absolute Gasteiger partial charge is 0.254 e. The van der Waals surface area contributed by atoms with Gasteiger partial charge < -0.3 is 0 Å². The van der Waals surface area contributed by atoms with Crippen molar-refractivity contribution in [3.05, 3.63) is 0 Å². The van der Waals surface area contributed by atoms with Gasteiger partial charge in [-0.1, -0.05) is 0 Å². The molecule has 1 aliphatic rings. The second-order valence-electron chi connectivity index (χ2n) is 2.45. The first-order valence-electron chi connectivity index (χ1n) is 2.92. The molecule has 1 aliphatic heterocycles. The van der Waals surface area contributed by atoms with E-state index in [-0.39, 0.29) is 5.75 Å². The highest BCUT2D eigenvalue weighted by Gasteiger charge is 2.34. The minimum Gasteiger partial charge on any atom is -0.254 e. The van der Waals surface area contributed by atoms with E-state index in [4.69, 9.17) is 0 Å². The van der Waals surface area contributed by atoms with Gasteiger partial charge in [0, 0.05) is 0 Å². The maximum absolute atomic E-state index is 10.8. The molecule has 1 saturated heterocycles. The maximum atomic E-state index is 10.8. The average Bonchev–Trinajstić information content (AvgIpc) is 1.81. The molecule has 0 aromatic rings. The van der Waals surface area contributed by atoms with Crippen molar-refractivity contribution in [2.75, 3.05) is 11.7 Å². The molecule has 0 aromatic heterocycles. The monoisotopic (exact) mass is 200 g/mol. The second-order valence-corrected chi connectivity index (χ2v) is 6.53. The summed E-state index contributed by atoms with van der Waals surface area (Å²) in [6, 6.07) is 0. The molecule has 11 heavy (non-hydrogen) atoms. The van der Waals surface area contributed by atoms with Crippen molar-refractivity contribution in [1.82, 2.24) is 0 Å². The number of rotatable bonds is 0. The Morgan fingerprint density at radius 3 is 2.18 bits per heavy atom. The van der Waals surface area contributed by atoms with Crippen molar-refractivity contribution in [3.63, 3.8) is 0 Å². The predicted molar refractivity (Wildman–Crippen MR) is 38.1 cm³/mol. The van der Waals surface area contributed by atoms with Gasteiger partial charge in [0.05, 0.1) is 11.0 Å². The molecule has 0 N–H and O–H groups in total. The van der Waals surface area contributed by atoms with Crippen LogP contribution in [0, 0.1) is 0 Å². The highest BCUT2D eigenvalue weighted by Crippen LogP contribution is 2.14. The molecule has 1 unspecified atom stereocenters. The van der Waals surface area contributed by atoms with Gasteiger partial charge in [0.25, 0.3) is 10.1 Å². The van der Waals surface area contributed by atoms with Crippen LogP contribution in [0.3, 0.4) is 0 Å². The Kier molecular flexibility index (Phi) is 1.97. The lowest BCUT2D eigenvalue weighted by Crippen LogP contribution is -2.36. The quantitative estimate of drug-likeness (QED) is 0.474. The zero-order chi connectivity index (χ0) is 8.70. The lowest BCUT2D eigenvalue weighted by Gasteiger charge is -2.17. The topological polar surface area (TPSA) is 77.5 Å². The molecule has 0 saturated carbocycles. The Bertz CT molecular complexity index is 337. The van der Waals surface area contributed by atoms with Crippen LogP contribution in [0.15, 0.2) is 0 Å². The molecule has 0 amide bonds. The molecular weight excluding hydrogens is 192 g/mol. The van der Waals surface area contributed by atoms with Crippen molar-refractivity contribution in [2.24, 2.45) is 0 Å². The molecule has 66 valence electrons. The highest BCUT2D eigenvalue weighted by atomic mass is 32.2. The normalized spacial score (nSPS) is 34.8. The average molecular weight is 200 g/mol. The molecule has 1 heterocycles. The van der Waals surface area contributed by atoms with E-state index in [1.54, 1.807) is 0 Å². The third-order valence-electron chi connectivity index (χ3n) is 1.37. The molecule has 1 fully saturated rings. The van der Waals surface area contributed by atoms with E-state index >= 15 is 0 Å². The zero-order valence-corrected chi connectivity index (χ0v) is 7.48. The second kappa shape index (κ2) is 2.43. The number of sulfone groups is 1. The van der Waals surface area contributed by atoms with Crippen LogP contribution >= 0.6 is 0 Å². The Morgan fingerprint density at radius 1 is 1.27 bits per heavy atom. The minimum absolute atomic E-state index is 0.338. The van der Waals surface area contributed by atoms with Crippen LogP contribution in [-0.4, -0.2) is 33.8 Å². The van der Waals surface area contributed by atoms with E-state index < -0.39 is 31.1 Å². The third kappa shape index (κ3) is 1.91. The summed E-state index contributed by atoms with van der Waals surface area (Å²) < 4.78 is 47.3. The van der Waals surface area contributed by atoms with Crippen molar-refractivity contribution in [1.29, 1.82) is 0 Å². The van der Waals surface area contributed by atoms with Crippen LogP contribution in [0.25, 0.3) is 0 Å². The summed E-state index contributed by atoms with van der Waals surface area (Å²) in [5.74, 6) is -1.05. The van der Waals surface area contributed by atoms with E-state index in [0.29, 0.717) is 0 Å². The molecule has 1 rings (SSSR count). The molecular formula is C4H8O5S2. The lowest BCUT2D eigenvalue weighted by atomic mass is 10.6. The molecule has 0 spiro atoms. The standard InChI is InChI=1S/C4H8O5S2/c1-4-2-10(5,6)3-9-11(4,7)8/h4H,2-3H2,1H3. The molecule has 1 atom stereocenters. The van der Waals surface area contributed by atoms with Gasteiger partial charge in [-0.25, -0.2) is 8.42 Å². The fraction of sp³-hybridized carbons (Fsp3) is 1.00. The maximum Gasteiger partial charge on any atom is 0.271 e. The van der Waals surface area contributed by atoms with Crippen LogP contribution in [-0.2, 0) is 24.1 Å². The van der Waals surface area contributed by atoms with E-state index in [9.17, 15) is 16.8 Å². The minimum atomic E-state index is -3.61. The summed E-state index contributed by atoms with van der Waals surface area (Å²) in [6.45, 7) is 1.31. The fourth-order valence-electron chi connectivity index (χ4n) is 0.746. The van der Waals surface area contributed by atoms with Crippen LogP contribution in [0.4, 0.5) is 0 Å². The highest BCUT2D eigenvalue weighted by molar-refractivity contribution is 7.96. The first kappa shape index (κ1) is 8.95. The third-order valence-corrected chi connectivity index (χ3v) is 4.82. The van der Waals surface area contributed by atoms with Gasteiger partial charge >= 0.3 is 0 Å². The largest absolute Gasteiger partial charge is 0.271 e. The zero-order valence-electron chi connectivity index (χ0n) is 5.85. The van der Waals surface area contributed by atoms with Crippen molar-refractivity contribution < 1.29 is 21.0 Å². The first-order chi connectivity index (χ1) is 4.83. The molecule has 7 heteroatoms. The van der Waals surface area contributed by atoms with Crippen molar-refractivity contribution in [2.45, 2.75) is 12.2 Å². The molecule has 0 aromatic carbocycles. The Morgan fingerprint density at radius 2 is 1.82 bits per heavy atom. The summed E-state index contributed by atoms with van der Waals surface area (Å²) >= 11 is 0. The summed E-state index contributed by atoms with van der Waals surface area (Å²) in [7, 11) is -6.92. The molecule has 0 bridgehead atoms. The summed E-state index contributed by atoms with van der Waals surface area (Å²) in [5, 5.41) is -0.943. The van der Waals surface area contributed by atoms with Gasteiger partial charge in [-0.05, 0) is 6.92 Å². The van der Waals surface area contributed by atoms with Gasteiger partial charge in [0.1, 0.15) is 0 Å². The van der Waals surface area contributed by atoms with Crippen molar-refractivity contribution >= 4 is 20.0 Å². The van der Waals surface area contributed by atoms with E-state index in [0.717, 1.165) is 0 Å². The number of hydrogen-bond donors (Lipinski definition) is 0. The fourth-order valence-corrected chi connectivity index (χ4v) is 4.20. The number of hydrogen-bond acceptors (Lipinski definition) is 5. The van der Waals surface area contributed by atoms with Crippen LogP contribution in [0.1, 0.15) is 6.92 Å². The molecule has 0 radical (unpaired) electrons. The van der Waals surface area contributed by atoms with Gasteiger partial charge in [0.15, 0.2) is 15.8 Å². The van der Waals surface area contributed by atoms with Gasteiger partial charge in [-0.15, -0.1) is 0 Å². The van der Waals surface area contributed by atoms with Gasteiger partial charge in [0.2, 0.25) is 0 Å². The van der Waals surface area contributed by atoms with Crippen LogP contribution < -0.4 is 0 Å². The lowest BCUT2D eigenvalue weighted by molar-refractivity contribution is 0.354. The van der Waals surface area contributed by atoms with Crippen LogP contribution in [0.5, 0.6) is 0 Å². The van der Waals surface area contributed by atoms with Crippen LogP contribution in [0.2, 0.25) is 0 Å². The van der Waals surface area contributed by atoms with E-state index in [2.05, 4.69) is 4.18 Å². The van der Waals surface area contributed by atoms with Crippen molar-refractivity contribution in [3.8, 4) is 0 Å². The molecule has 5 nitrogen and oxygen atoms in total.